The second kappa shape index (κ2) is 5.54. The molecule has 1 N–H and O–H groups in total. The SMILES string of the molecule is Cc1ccc2c(c1)CC(CNCC1CCSC1)O2. The van der Waals surface area contributed by atoms with Crippen molar-refractivity contribution in [2.45, 2.75) is 25.9 Å². The Hall–Kier alpha value is -0.670. The standard InChI is InChI=1S/C15H21NOS/c1-11-2-3-15-13(6-11)7-14(17-15)9-16-8-12-4-5-18-10-12/h2-3,6,12,14,16H,4-5,7-10H2,1H3. The normalized spacial score (nSPS) is 26.1. The highest BCUT2D eigenvalue weighted by Crippen LogP contribution is 2.29. The summed E-state index contributed by atoms with van der Waals surface area (Å²) in [6.45, 7) is 4.28. The second-order valence-corrected chi connectivity index (χ2v) is 6.59. The molecule has 2 aliphatic heterocycles. The van der Waals surface area contributed by atoms with Crippen LogP contribution in [0.25, 0.3) is 0 Å². The summed E-state index contributed by atoms with van der Waals surface area (Å²) in [4.78, 5) is 0. The number of benzene rings is 1. The molecule has 0 spiro atoms. The van der Waals surface area contributed by atoms with E-state index in [4.69, 9.17) is 4.74 Å². The van der Waals surface area contributed by atoms with E-state index in [0.717, 1.165) is 31.2 Å². The molecule has 0 aliphatic carbocycles. The van der Waals surface area contributed by atoms with Crippen LogP contribution >= 0.6 is 11.8 Å². The van der Waals surface area contributed by atoms with Crippen LogP contribution in [0.4, 0.5) is 0 Å². The molecule has 98 valence electrons. The number of hydrogen-bond donors (Lipinski definition) is 1. The van der Waals surface area contributed by atoms with Crippen molar-refractivity contribution in [2.24, 2.45) is 5.92 Å². The van der Waals surface area contributed by atoms with Gasteiger partial charge in [-0.15, -0.1) is 0 Å². The lowest BCUT2D eigenvalue weighted by Gasteiger charge is -2.14. The average Bonchev–Trinajstić information content (AvgIpc) is 2.97. The maximum atomic E-state index is 5.96. The van der Waals surface area contributed by atoms with E-state index in [2.05, 4.69) is 42.2 Å². The van der Waals surface area contributed by atoms with Gasteiger partial charge in [0.25, 0.3) is 0 Å². The Bertz CT molecular complexity index is 415. The first kappa shape index (κ1) is 12.4. The van der Waals surface area contributed by atoms with Crippen molar-refractivity contribution < 1.29 is 4.74 Å². The van der Waals surface area contributed by atoms with Crippen LogP contribution in [0.2, 0.25) is 0 Å². The minimum Gasteiger partial charge on any atom is -0.488 e. The predicted octanol–water partition coefficient (Wildman–Crippen LogP) is 2.64. The molecule has 0 bridgehead atoms. The lowest BCUT2D eigenvalue weighted by molar-refractivity contribution is 0.225. The fraction of sp³-hybridized carbons (Fsp3) is 0.600. The summed E-state index contributed by atoms with van der Waals surface area (Å²) in [5.41, 5.74) is 2.70. The van der Waals surface area contributed by atoms with E-state index >= 15 is 0 Å². The molecule has 1 aromatic rings. The molecule has 2 nitrogen and oxygen atoms in total. The second-order valence-electron chi connectivity index (χ2n) is 5.44. The average molecular weight is 263 g/mol. The van der Waals surface area contributed by atoms with Gasteiger partial charge < -0.3 is 10.1 Å². The van der Waals surface area contributed by atoms with E-state index < -0.39 is 0 Å². The predicted molar refractivity (Wildman–Crippen MR) is 77.6 cm³/mol. The molecule has 2 atom stereocenters. The van der Waals surface area contributed by atoms with Gasteiger partial charge in [0.15, 0.2) is 0 Å². The molecule has 1 fully saturated rings. The summed E-state index contributed by atoms with van der Waals surface area (Å²) in [7, 11) is 0. The van der Waals surface area contributed by atoms with Crippen molar-refractivity contribution in [3.05, 3.63) is 29.3 Å². The Morgan fingerprint density at radius 3 is 3.17 bits per heavy atom. The molecule has 2 unspecified atom stereocenters. The van der Waals surface area contributed by atoms with Crippen molar-refractivity contribution in [3.8, 4) is 5.75 Å². The Morgan fingerprint density at radius 1 is 1.39 bits per heavy atom. The summed E-state index contributed by atoms with van der Waals surface area (Å²) < 4.78 is 5.96. The van der Waals surface area contributed by atoms with Gasteiger partial charge in [0.05, 0.1) is 0 Å². The van der Waals surface area contributed by atoms with Crippen LogP contribution in [0.5, 0.6) is 5.75 Å². The lowest BCUT2D eigenvalue weighted by atomic mass is 10.1. The molecule has 3 heteroatoms. The Balaban J connectivity index is 1.46. The third-order valence-electron chi connectivity index (χ3n) is 3.79. The zero-order chi connectivity index (χ0) is 12.4. The van der Waals surface area contributed by atoms with Crippen LogP contribution in [0.3, 0.4) is 0 Å². The highest BCUT2D eigenvalue weighted by Gasteiger charge is 2.23. The van der Waals surface area contributed by atoms with Gasteiger partial charge in [0.2, 0.25) is 0 Å². The minimum absolute atomic E-state index is 0.329. The lowest BCUT2D eigenvalue weighted by Crippen LogP contribution is -2.33. The van der Waals surface area contributed by atoms with E-state index in [0.29, 0.717) is 6.10 Å². The van der Waals surface area contributed by atoms with Gasteiger partial charge in [0.1, 0.15) is 11.9 Å². The molecule has 3 rings (SSSR count). The highest BCUT2D eigenvalue weighted by atomic mass is 32.2. The fourth-order valence-corrected chi connectivity index (χ4v) is 4.04. The number of nitrogens with one attached hydrogen (secondary N) is 1. The van der Waals surface area contributed by atoms with Crippen LogP contribution < -0.4 is 10.1 Å². The molecular weight excluding hydrogens is 242 g/mol. The van der Waals surface area contributed by atoms with Gasteiger partial charge in [-0.1, -0.05) is 17.7 Å². The molecule has 1 saturated heterocycles. The number of thioether (sulfide) groups is 1. The summed E-state index contributed by atoms with van der Waals surface area (Å²) >= 11 is 2.09. The number of aryl methyl sites for hydroxylation is 1. The van der Waals surface area contributed by atoms with Crippen molar-refractivity contribution in [1.82, 2.24) is 5.32 Å². The summed E-state index contributed by atoms with van der Waals surface area (Å²) in [6, 6.07) is 6.49. The fourth-order valence-electron chi connectivity index (χ4n) is 2.76. The van der Waals surface area contributed by atoms with E-state index in [9.17, 15) is 0 Å². The number of fused-ring (bicyclic) bond motifs is 1. The summed E-state index contributed by atoms with van der Waals surface area (Å²) in [5, 5.41) is 3.58. The quantitative estimate of drug-likeness (QED) is 0.902. The van der Waals surface area contributed by atoms with Gasteiger partial charge in [0, 0.05) is 13.0 Å². The van der Waals surface area contributed by atoms with Gasteiger partial charge >= 0.3 is 0 Å². The zero-order valence-electron chi connectivity index (χ0n) is 10.9. The van der Waals surface area contributed by atoms with Crippen LogP contribution in [-0.4, -0.2) is 30.7 Å². The Morgan fingerprint density at radius 2 is 2.33 bits per heavy atom. The molecule has 0 radical (unpaired) electrons. The van der Waals surface area contributed by atoms with Crippen molar-refractivity contribution >= 4 is 11.8 Å². The number of ether oxygens (including phenoxy) is 1. The van der Waals surface area contributed by atoms with Crippen LogP contribution in [0.15, 0.2) is 18.2 Å². The number of hydrogen-bond acceptors (Lipinski definition) is 3. The van der Waals surface area contributed by atoms with Crippen molar-refractivity contribution in [1.29, 1.82) is 0 Å². The zero-order valence-corrected chi connectivity index (χ0v) is 11.8. The van der Waals surface area contributed by atoms with Crippen LogP contribution in [0.1, 0.15) is 17.5 Å². The van der Waals surface area contributed by atoms with Gasteiger partial charge in [-0.25, -0.2) is 0 Å². The molecule has 0 aromatic heterocycles. The largest absolute Gasteiger partial charge is 0.488 e. The van der Waals surface area contributed by atoms with Gasteiger partial charge in [-0.3, -0.25) is 0 Å². The highest BCUT2D eigenvalue weighted by molar-refractivity contribution is 7.99. The molecule has 0 saturated carbocycles. The first-order chi connectivity index (χ1) is 8.81. The third kappa shape index (κ3) is 2.83. The van der Waals surface area contributed by atoms with E-state index in [1.807, 2.05) is 0 Å². The van der Waals surface area contributed by atoms with Crippen molar-refractivity contribution in [3.63, 3.8) is 0 Å². The minimum atomic E-state index is 0.329. The van der Waals surface area contributed by atoms with Crippen molar-refractivity contribution in [2.75, 3.05) is 24.6 Å². The van der Waals surface area contributed by atoms with E-state index in [1.54, 1.807) is 0 Å². The molecule has 1 aromatic carbocycles. The smallest absolute Gasteiger partial charge is 0.123 e. The molecule has 0 amide bonds. The van der Waals surface area contributed by atoms with E-state index in [-0.39, 0.29) is 0 Å². The van der Waals surface area contributed by atoms with E-state index in [1.165, 1.54) is 29.1 Å². The first-order valence-corrected chi connectivity index (χ1v) is 8.01. The maximum absolute atomic E-state index is 5.96. The summed E-state index contributed by atoms with van der Waals surface area (Å²) in [6.07, 6.45) is 2.77. The topological polar surface area (TPSA) is 21.3 Å². The van der Waals surface area contributed by atoms with Crippen LogP contribution in [0, 0.1) is 12.8 Å². The van der Waals surface area contributed by atoms with Gasteiger partial charge in [-0.2, -0.15) is 11.8 Å². The Kier molecular flexibility index (Phi) is 3.80. The van der Waals surface area contributed by atoms with Gasteiger partial charge in [-0.05, 0) is 48.9 Å². The van der Waals surface area contributed by atoms with Crippen LogP contribution in [-0.2, 0) is 6.42 Å². The molecule has 2 heterocycles. The maximum Gasteiger partial charge on any atom is 0.123 e. The molecular formula is C15H21NOS. The molecule has 18 heavy (non-hydrogen) atoms. The monoisotopic (exact) mass is 263 g/mol. The Labute approximate surface area is 113 Å². The summed E-state index contributed by atoms with van der Waals surface area (Å²) in [5.74, 6) is 4.64. The third-order valence-corrected chi connectivity index (χ3v) is 5.02. The molecule has 2 aliphatic rings. The first-order valence-electron chi connectivity index (χ1n) is 6.86. The number of rotatable bonds is 4.